The van der Waals surface area contributed by atoms with Crippen LogP contribution in [-0.2, 0) is 0 Å². The average molecular weight is 493 g/mol. The molecule has 0 radical (unpaired) electrons. The maximum atomic E-state index is 6.49. The summed E-state index contributed by atoms with van der Waals surface area (Å²) in [6.07, 6.45) is 1.49. The molecule has 0 saturated heterocycles. The highest BCUT2D eigenvalue weighted by Crippen LogP contribution is 2.34. The predicted molar refractivity (Wildman–Crippen MR) is 133 cm³/mol. The van der Waals surface area contributed by atoms with Gasteiger partial charge >= 0.3 is 0 Å². The average Bonchev–Trinajstić information content (AvgIpc) is 2.86. The van der Waals surface area contributed by atoms with Gasteiger partial charge in [-0.1, -0.05) is 35.3 Å². The van der Waals surface area contributed by atoms with Crippen molar-refractivity contribution in [3.05, 3.63) is 82.4 Å². The number of ether oxygens (including phenoxy) is 2. The molecule has 0 saturated carbocycles. The minimum absolute atomic E-state index is 0.369. The van der Waals surface area contributed by atoms with E-state index in [4.69, 9.17) is 37.1 Å². The van der Waals surface area contributed by atoms with Gasteiger partial charge in [0.2, 0.25) is 0 Å². The Morgan fingerprint density at radius 1 is 0.882 bits per heavy atom. The molecule has 0 spiro atoms. The van der Waals surface area contributed by atoms with E-state index in [0.29, 0.717) is 49.4 Å². The number of aromatic nitrogens is 2. The molecule has 34 heavy (non-hydrogen) atoms. The van der Waals surface area contributed by atoms with Crippen LogP contribution >= 0.6 is 23.2 Å². The maximum absolute atomic E-state index is 6.49. The summed E-state index contributed by atoms with van der Waals surface area (Å²) < 4.78 is 17.0. The molecule has 5 rings (SSSR count). The summed E-state index contributed by atoms with van der Waals surface area (Å²) in [6.45, 7) is 0. The molecule has 0 aliphatic heterocycles. The van der Waals surface area contributed by atoms with Gasteiger partial charge in [-0.2, -0.15) is 5.10 Å². The molecule has 0 atom stereocenters. The highest BCUT2D eigenvalue weighted by Gasteiger charge is 2.13. The summed E-state index contributed by atoms with van der Waals surface area (Å²) in [6, 6.07) is 18.3. The number of halogens is 2. The summed E-state index contributed by atoms with van der Waals surface area (Å²) >= 11 is 12.8. The first kappa shape index (κ1) is 22.0. The van der Waals surface area contributed by atoms with Gasteiger partial charge in [0.15, 0.2) is 22.9 Å². The second-order valence-electron chi connectivity index (χ2n) is 7.29. The molecule has 7 nitrogen and oxygen atoms in total. The zero-order valence-electron chi connectivity index (χ0n) is 18.2. The molecule has 3 aromatic carbocycles. The number of benzene rings is 3. The molecule has 2 aromatic heterocycles. The first-order valence-corrected chi connectivity index (χ1v) is 11.0. The molecule has 170 valence electrons. The lowest BCUT2D eigenvalue weighted by atomic mass is 10.1. The van der Waals surface area contributed by atoms with Gasteiger partial charge in [0.25, 0.3) is 0 Å². The third-order valence-corrected chi connectivity index (χ3v) is 5.76. The second-order valence-corrected chi connectivity index (χ2v) is 8.14. The van der Waals surface area contributed by atoms with E-state index in [1.54, 1.807) is 38.5 Å². The van der Waals surface area contributed by atoms with Crippen LogP contribution in [0.3, 0.4) is 0 Å². The summed E-state index contributed by atoms with van der Waals surface area (Å²) in [5.74, 6) is 2.28. The summed E-state index contributed by atoms with van der Waals surface area (Å²) in [7, 11) is 3.16. The van der Waals surface area contributed by atoms with Crippen molar-refractivity contribution >= 4 is 50.9 Å². The zero-order valence-corrected chi connectivity index (χ0v) is 19.7. The van der Waals surface area contributed by atoms with Crippen molar-refractivity contribution in [3.8, 4) is 22.8 Å². The Morgan fingerprint density at radius 2 is 1.71 bits per heavy atom. The summed E-state index contributed by atoms with van der Waals surface area (Å²) in [5.41, 5.74) is 5.07. The van der Waals surface area contributed by atoms with Gasteiger partial charge in [0, 0.05) is 27.4 Å². The molecular formula is C25H18Cl2N4O3. The number of rotatable bonds is 5. The quantitative estimate of drug-likeness (QED) is 0.290. The van der Waals surface area contributed by atoms with Gasteiger partial charge in [-0.25, -0.2) is 9.97 Å². The number of para-hydroxylation sites is 1. The van der Waals surface area contributed by atoms with E-state index in [1.807, 2.05) is 36.4 Å². The first-order valence-electron chi connectivity index (χ1n) is 10.2. The van der Waals surface area contributed by atoms with Gasteiger partial charge in [-0.05, 0) is 42.5 Å². The van der Waals surface area contributed by atoms with Crippen LogP contribution in [0.5, 0.6) is 11.5 Å². The fourth-order valence-electron chi connectivity index (χ4n) is 3.63. The summed E-state index contributed by atoms with van der Waals surface area (Å²) in [4.78, 5) is 8.63. The van der Waals surface area contributed by atoms with Crippen molar-refractivity contribution in [1.29, 1.82) is 0 Å². The van der Waals surface area contributed by atoms with Crippen LogP contribution in [0.4, 0.5) is 5.82 Å². The van der Waals surface area contributed by atoms with E-state index < -0.39 is 0 Å². The number of nitrogens with one attached hydrogen (secondary N) is 1. The number of methoxy groups -OCH3 is 2. The Kier molecular flexibility index (Phi) is 5.96. The topological polar surface area (TPSA) is 81.8 Å². The Morgan fingerprint density at radius 3 is 2.53 bits per heavy atom. The van der Waals surface area contributed by atoms with Crippen molar-refractivity contribution in [2.75, 3.05) is 19.6 Å². The van der Waals surface area contributed by atoms with Gasteiger partial charge in [-0.15, -0.1) is 0 Å². The van der Waals surface area contributed by atoms with Crippen molar-refractivity contribution in [2.45, 2.75) is 0 Å². The molecule has 0 aliphatic carbocycles. The predicted octanol–water partition coefficient (Wildman–Crippen LogP) is 6.29. The Labute approximate surface area is 204 Å². The third-order valence-electron chi connectivity index (χ3n) is 5.26. The normalized spacial score (nSPS) is 11.7. The molecule has 2 heterocycles. The van der Waals surface area contributed by atoms with Crippen LogP contribution in [0, 0.1) is 0 Å². The van der Waals surface area contributed by atoms with Gasteiger partial charge in [-0.3, -0.25) is 5.43 Å². The highest BCUT2D eigenvalue weighted by atomic mass is 35.5. The minimum Gasteiger partial charge on any atom is -0.493 e. The smallest absolute Gasteiger partial charge is 0.161 e. The third kappa shape index (κ3) is 4.11. The molecule has 0 unspecified atom stereocenters. The van der Waals surface area contributed by atoms with Crippen LogP contribution in [0.2, 0.25) is 10.0 Å². The fourth-order valence-corrected chi connectivity index (χ4v) is 4.16. The van der Waals surface area contributed by atoms with Crippen molar-refractivity contribution in [1.82, 2.24) is 9.97 Å². The maximum Gasteiger partial charge on any atom is 0.161 e. The van der Waals surface area contributed by atoms with Gasteiger partial charge < -0.3 is 13.9 Å². The monoisotopic (exact) mass is 492 g/mol. The van der Waals surface area contributed by atoms with Crippen molar-refractivity contribution in [3.63, 3.8) is 0 Å². The number of hydrogen-bond donors (Lipinski definition) is 1. The number of anilines is 1. The lowest BCUT2D eigenvalue weighted by molar-refractivity contribution is 0.355. The molecule has 5 aromatic rings. The highest BCUT2D eigenvalue weighted by molar-refractivity contribution is 6.38. The second kappa shape index (κ2) is 9.21. The van der Waals surface area contributed by atoms with Crippen molar-refractivity contribution in [2.24, 2.45) is 5.10 Å². The summed E-state index contributed by atoms with van der Waals surface area (Å²) in [5, 5.41) is 7.52. The van der Waals surface area contributed by atoms with Gasteiger partial charge in [0.1, 0.15) is 12.1 Å². The number of fused-ring (bicyclic) bond motifs is 2. The van der Waals surface area contributed by atoms with Crippen LogP contribution < -0.4 is 20.3 Å². The van der Waals surface area contributed by atoms with E-state index >= 15 is 0 Å². The largest absolute Gasteiger partial charge is 0.493 e. The molecule has 0 amide bonds. The Balaban J connectivity index is 1.70. The lowest BCUT2D eigenvalue weighted by Crippen LogP contribution is -2.08. The number of nitrogens with zero attached hydrogens (tertiary/aromatic N) is 3. The van der Waals surface area contributed by atoms with Crippen LogP contribution in [0.1, 0.15) is 0 Å². The van der Waals surface area contributed by atoms with E-state index in [-0.39, 0.29) is 0 Å². The van der Waals surface area contributed by atoms with E-state index in [0.717, 1.165) is 16.5 Å². The van der Waals surface area contributed by atoms with E-state index in [9.17, 15) is 0 Å². The van der Waals surface area contributed by atoms with Crippen molar-refractivity contribution < 1.29 is 13.9 Å². The fraction of sp³-hybridized carbons (Fsp3) is 0.0800. The molecule has 1 N–H and O–H groups in total. The van der Waals surface area contributed by atoms with Gasteiger partial charge in [0.05, 0.1) is 30.1 Å². The first-order chi connectivity index (χ1) is 16.6. The lowest BCUT2D eigenvalue weighted by Gasteiger charge is -2.11. The van der Waals surface area contributed by atoms with Crippen LogP contribution in [0.25, 0.3) is 33.2 Å². The minimum atomic E-state index is 0.369. The van der Waals surface area contributed by atoms with E-state index in [1.165, 1.54) is 6.33 Å². The molecule has 9 heteroatoms. The molecule has 0 aliphatic rings. The standard InChI is InChI=1S/C25H18Cl2N4O3/c1-32-21-8-7-14(9-23(21)33-2)22-12-20(17-10-15(26)11-18(27)24(17)34-22)30-31-25-16-5-3-4-6-19(16)28-13-29-25/h3-13H,1-2H3,(H,28,29,31)/b30-20+. The number of hydrogen-bond acceptors (Lipinski definition) is 7. The Bertz CT molecular complexity index is 1600. The molecular weight excluding hydrogens is 475 g/mol. The van der Waals surface area contributed by atoms with Crippen LogP contribution in [0.15, 0.2) is 76.5 Å². The molecule has 0 bridgehead atoms. The van der Waals surface area contributed by atoms with Crippen LogP contribution in [-0.4, -0.2) is 24.2 Å². The van der Waals surface area contributed by atoms with E-state index in [2.05, 4.69) is 20.5 Å². The Hall–Kier alpha value is -3.81. The molecule has 0 fully saturated rings. The SMILES string of the molecule is COc1ccc(-c2c/c(=N\Nc3ncnc4ccccc34)c3cc(Cl)cc(Cl)c3o2)cc1OC. The zero-order chi connectivity index (χ0) is 23.7.